The van der Waals surface area contributed by atoms with Crippen LogP contribution in [0.1, 0.15) is 30.7 Å². The van der Waals surface area contributed by atoms with Crippen molar-refractivity contribution in [2.75, 3.05) is 26.2 Å². The summed E-state index contributed by atoms with van der Waals surface area (Å²) in [5.74, 6) is -0.678. The Morgan fingerprint density at radius 1 is 1.20 bits per heavy atom. The van der Waals surface area contributed by atoms with E-state index in [-0.39, 0.29) is 17.2 Å². The summed E-state index contributed by atoms with van der Waals surface area (Å²) in [6.07, 6.45) is 2.61. The van der Waals surface area contributed by atoms with Crippen LogP contribution in [0.15, 0.2) is 30.3 Å². The molecule has 3 heterocycles. The van der Waals surface area contributed by atoms with E-state index in [2.05, 4.69) is 27.7 Å². The highest BCUT2D eigenvalue weighted by molar-refractivity contribution is 5.87. The molecule has 3 aliphatic rings. The summed E-state index contributed by atoms with van der Waals surface area (Å²) in [4.78, 5) is 26.1. The van der Waals surface area contributed by atoms with Crippen molar-refractivity contribution in [3.63, 3.8) is 0 Å². The molecule has 3 saturated heterocycles. The molecule has 1 amide bonds. The third-order valence-corrected chi connectivity index (χ3v) is 6.34. The molecule has 0 unspecified atom stereocenters. The maximum atomic E-state index is 12.5. The third kappa shape index (κ3) is 2.93. The van der Waals surface area contributed by atoms with E-state index >= 15 is 0 Å². The van der Waals surface area contributed by atoms with Gasteiger partial charge in [-0.25, -0.2) is 0 Å². The molecule has 3 N–H and O–H groups in total. The number of amides is 1. The van der Waals surface area contributed by atoms with Crippen LogP contribution in [0.2, 0.25) is 0 Å². The number of rotatable bonds is 3. The largest absolute Gasteiger partial charge is 0.480 e. The van der Waals surface area contributed by atoms with Crippen LogP contribution in [0.5, 0.6) is 0 Å². The van der Waals surface area contributed by atoms with E-state index in [0.29, 0.717) is 12.5 Å². The van der Waals surface area contributed by atoms with Crippen LogP contribution in [0.25, 0.3) is 0 Å². The fourth-order valence-electron chi connectivity index (χ4n) is 4.88. The molecule has 6 heteroatoms. The Kier molecular flexibility index (Phi) is 4.25. The SMILES string of the molecule is O=C(O)[C@@H]1C[C@H](N2CCC3(CC2)CNC(=O)[C@H]3c2ccccc2)CN1. The minimum absolute atomic E-state index is 0.00678. The molecule has 1 aromatic carbocycles. The van der Waals surface area contributed by atoms with Crippen LogP contribution >= 0.6 is 0 Å². The molecule has 134 valence electrons. The first-order valence-corrected chi connectivity index (χ1v) is 9.12. The Balaban J connectivity index is 1.45. The molecule has 25 heavy (non-hydrogen) atoms. The fraction of sp³-hybridized carbons (Fsp3) is 0.579. The van der Waals surface area contributed by atoms with Crippen LogP contribution in [-0.2, 0) is 9.59 Å². The van der Waals surface area contributed by atoms with E-state index < -0.39 is 12.0 Å². The van der Waals surface area contributed by atoms with Gasteiger partial charge in [0.05, 0.1) is 5.92 Å². The fourth-order valence-corrected chi connectivity index (χ4v) is 4.88. The van der Waals surface area contributed by atoms with E-state index in [1.807, 2.05) is 18.2 Å². The van der Waals surface area contributed by atoms with Gasteiger partial charge in [0.2, 0.25) is 5.91 Å². The molecule has 0 aliphatic carbocycles. The van der Waals surface area contributed by atoms with Gasteiger partial charge in [0.15, 0.2) is 0 Å². The molecular formula is C19H25N3O3. The zero-order chi connectivity index (χ0) is 17.4. The van der Waals surface area contributed by atoms with Crippen molar-refractivity contribution in [1.29, 1.82) is 0 Å². The predicted octanol–water partition coefficient (Wildman–Crippen LogP) is 0.797. The van der Waals surface area contributed by atoms with Crippen LogP contribution < -0.4 is 10.6 Å². The molecule has 0 saturated carbocycles. The van der Waals surface area contributed by atoms with Gasteiger partial charge in [0.25, 0.3) is 0 Å². The topological polar surface area (TPSA) is 81.7 Å². The van der Waals surface area contributed by atoms with E-state index in [4.69, 9.17) is 5.11 Å². The van der Waals surface area contributed by atoms with E-state index in [1.54, 1.807) is 0 Å². The molecule has 0 aromatic heterocycles. The lowest BCUT2D eigenvalue weighted by atomic mass is 9.68. The van der Waals surface area contributed by atoms with Crippen molar-refractivity contribution in [3.05, 3.63) is 35.9 Å². The summed E-state index contributed by atoms with van der Waals surface area (Å²) in [6, 6.07) is 9.97. The second-order valence-electron chi connectivity index (χ2n) is 7.65. The van der Waals surface area contributed by atoms with Gasteiger partial charge in [-0.15, -0.1) is 0 Å². The molecule has 4 rings (SSSR count). The van der Waals surface area contributed by atoms with Crippen molar-refractivity contribution >= 4 is 11.9 Å². The predicted molar refractivity (Wildman–Crippen MR) is 93.3 cm³/mol. The minimum Gasteiger partial charge on any atom is -0.480 e. The van der Waals surface area contributed by atoms with E-state index in [1.165, 1.54) is 0 Å². The molecule has 3 atom stereocenters. The molecule has 1 aromatic rings. The number of piperidine rings is 1. The van der Waals surface area contributed by atoms with Crippen LogP contribution in [0.4, 0.5) is 0 Å². The standard InChI is InChI=1S/C19H25N3O3/c23-17-16(13-4-2-1-3-5-13)19(12-21-17)6-8-22(9-7-19)14-10-15(18(24)25)20-11-14/h1-5,14-16,20H,6-12H2,(H,21,23)(H,24,25)/t14-,15-,16+/m0/s1. The average molecular weight is 343 g/mol. The number of carboxylic acid groups (broad SMARTS) is 1. The molecule has 6 nitrogen and oxygen atoms in total. The van der Waals surface area contributed by atoms with Crippen molar-refractivity contribution in [2.24, 2.45) is 5.41 Å². The zero-order valence-corrected chi connectivity index (χ0v) is 14.3. The van der Waals surface area contributed by atoms with Crippen molar-refractivity contribution in [2.45, 2.75) is 37.3 Å². The maximum Gasteiger partial charge on any atom is 0.320 e. The van der Waals surface area contributed by atoms with Gasteiger partial charge < -0.3 is 15.7 Å². The lowest BCUT2D eigenvalue weighted by molar-refractivity contribution is -0.139. The monoisotopic (exact) mass is 343 g/mol. The zero-order valence-electron chi connectivity index (χ0n) is 14.3. The number of likely N-dealkylation sites (tertiary alicyclic amines) is 1. The molecule has 0 radical (unpaired) electrons. The summed E-state index contributed by atoms with van der Waals surface area (Å²) >= 11 is 0. The van der Waals surface area contributed by atoms with Crippen LogP contribution in [0.3, 0.4) is 0 Å². The van der Waals surface area contributed by atoms with Gasteiger partial charge in [-0.05, 0) is 37.9 Å². The van der Waals surface area contributed by atoms with Crippen LogP contribution in [0, 0.1) is 5.41 Å². The highest BCUT2D eigenvalue weighted by Gasteiger charge is 2.51. The number of hydrogen-bond acceptors (Lipinski definition) is 4. The number of nitrogens with one attached hydrogen (secondary N) is 2. The normalized spacial score (nSPS) is 32.0. The second kappa shape index (κ2) is 6.42. The number of hydrogen-bond donors (Lipinski definition) is 3. The number of aliphatic carboxylic acids is 1. The second-order valence-corrected chi connectivity index (χ2v) is 7.65. The third-order valence-electron chi connectivity index (χ3n) is 6.34. The lowest BCUT2D eigenvalue weighted by Gasteiger charge is -2.43. The maximum absolute atomic E-state index is 12.5. The highest BCUT2D eigenvalue weighted by Crippen LogP contribution is 2.47. The number of benzene rings is 1. The first kappa shape index (κ1) is 16.5. The van der Waals surface area contributed by atoms with Gasteiger partial charge in [0, 0.05) is 24.5 Å². The Labute approximate surface area is 147 Å². The molecule has 0 bridgehead atoms. The summed E-state index contributed by atoms with van der Waals surface area (Å²) in [5.41, 5.74) is 1.10. The smallest absolute Gasteiger partial charge is 0.320 e. The molecule has 3 fully saturated rings. The number of nitrogens with zero attached hydrogens (tertiary/aromatic N) is 1. The van der Waals surface area contributed by atoms with E-state index in [0.717, 1.165) is 44.6 Å². The first-order valence-electron chi connectivity index (χ1n) is 9.12. The molecule has 3 aliphatic heterocycles. The summed E-state index contributed by atoms with van der Waals surface area (Å²) in [6.45, 7) is 3.34. The molecule has 1 spiro atoms. The summed E-state index contributed by atoms with van der Waals surface area (Å²) in [7, 11) is 0. The summed E-state index contributed by atoms with van der Waals surface area (Å²) < 4.78 is 0. The Hall–Kier alpha value is -1.92. The average Bonchev–Trinajstić information content (AvgIpc) is 3.23. The quantitative estimate of drug-likeness (QED) is 0.756. The first-order chi connectivity index (χ1) is 12.1. The minimum atomic E-state index is -0.759. The Morgan fingerprint density at radius 3 is 2.56 bits per heavy atom. The van der Waals surface area contributed by atoms with Gasteiger partial charge in [0.1, 0.15) is 6.04 Å². The lowest BCUT2D eigenvalue weighted by Crippen LogP contribution is -2.48. The number of carbonyl (C=O) groups excluding carboxylic acids is 1. The molecular weight excluding hydrogens is 318 g/mol. The van der Waals surface area contributed by atoms with Gasteiger partial charge >= 0.3 is 5.97 Å². The van der Waals surface area contributed by atoms with Crippen molar-refractivity contribution in [1.82, 2.24) is 15.5 Å². The van der Waals surface area contributed by atoms with Gasteiger partial charge in [-0.3, -0.25) is 14.5 Å². The Bertz CT molecular complexity index is 655. The van der Waals surface area contributed by atoms with Gasteiger partial charge in [-0.2, -0.15) is 0 Å². The summed E-state index contributed by atoms with van der Waals surface area (Å²) in [5, 5.41) is 15.3. The van der Waals surface area contributed by atoms with Crippen LogP contribution in [-0.4, -0.2) is 60.1 Å². The highest BCUT2D eigenvalue weighted by atomic mass is 16.4. The Morgan fingerprint density at radius 2 is 1.92 bits per heavy atom. The van der Waals surface area contributed by atoms with Crippen molar-refractivity contribution < 1.29 is 14.7 Å². The van der Waals surface area contributed by atoms with Gasteiger partial charge in [-0.1, -0.05) is 30.3 Å². The number of carbonyl (C=O) groups is 2. The van der Waals surface area contributed by atoms with E-state index in [9.17, 15) is 9.59 Å². The number of carboxylic acids is 1. The van der Waals surface area contributed by atoms with Crippen molar-refractivity contribution in [3.8, 4) is 0 Å².